The SMILES string of the molecule is NC1=NC(C(=CC(=O)O)C2(Nc3ccc[nH]3)CCC3CC2C2C4C=CC(CCCCCC(C=O)CCCO)C2c2cc5cc(CC=O)ccc5cc2C34)CC(CO)N1. The monoisotopic (exact) mass is 789 g/mol. The molecule has 11 heteroatoms. The third-order valence-electron chi connectivity index (χ3n) is 14.6. The number of benzene rings is 2. The van der Waals surface area contributed by atoms with E-state index in [2.05, 4.69) is 58.1 Å². The maximum absolute atomic E-state index is 12.9. The van der Waals surface area contributed by atoms with Gasteiger partial charge in [0.1, 0.15) is 18.4 Å². The Balaban J connectivity index is 1.23. The van der Waals surface area contributed by atoms with Crippen LogP contribution in [0.15, 0.2) is 77.5 Å². The fourth-order valence-corrected chi connectivity index (χ4v) is 12.2. The van der Waals surface area contributed by atoms with Gasteiger partial charge in [0.05, 0.1) is 24.2 Å². The Morgan fingerprint density at radius 3 is 2.59 bits per heavy atom. The normalized spacial score (nSPS) is 31.4. The topological polar surface area (TPSA) is 190 Å². The molecule has 2 heterocycles. The second kappa shape index (κ2) is 17.2. The first kappa shape index (κ1) is 40.1. The van der Waals surface area contributed by atoms with E-state index in [1.165, 1.54) is 22.6 Å². The molecular formula is C47H59N5O6. The molecule has 0 saturated heterocycles. The molecule has 11 atom stereocenters. The van der Waals surface area contributed by atoms with Crippen LogP contribution < -0.4 is 16.4 Å². The van der Waals surface area contributed by atoms with Crippen LogP contribution in [0.4, 0.5) is 5.82 Å². The molecule has 2 saturated carbocycles. The lowest BCUT2D eigenvalue weighted by molar-refractivity contribution is -0.131. The van der Waals surface area contributed by atoms with Crippen molar-refractivity contribution in [2.75, 3.05) is 18.5 Å². The van der Waals surface area contributed by atoms with Crippen molar-refractivity contribution in [1.29, 1.82) is 0 Å². The van der Waals surface area contributed by atoms with Crippen molar-refractivity contribution in [2.24, 2.45) is 46.2 Å². The molecule has 1 aromatic heterocycles. The minimum atomic E-state index is -1.02. The van der Waals surface area contributed by atoms with Gasteiger partial charge < -0.3 is 46.3 Å². The van der Waals surface area contributed by atoms with Crippen LogP contribution >= 0.6 is 0 Å². The minimum Gasteiger partial charge on any atom is -0.478 e. The minimum absolute atomic E-state index is 0.0100. The van der Waals surface area contributed by atoms with Gasteiger partial charge >= 0.3 is 5.97 Å². The van der Waals surface area contributed by atoms with Crippen molar-refractivity contribution in [3.05, 3.63) is 89.2 Å². The Hall–Kier alpha value is -4.74. The van der Waals surface area contributed by atoms with Crippen LogP contribution in [-0.4, -0.2) is 75.6 Å². The van der Waals surface area contributed by atoms with Crippen LogP contribution in [0, 0.1) is 35.5 Å². The van der Waals surface area contributed by atoms with Crippen molar-refractivity contribution in [3.63, 3.8) is 0 Å². The third kappa shape index (κ3) is 7.63. The van der Waals surface area contributed by atoms with Gasteiger partial charge in [-0.25, -0.2) is 9.79 Å². The number of carbonyl (C=O) groups is 3. The summed E-state index contributed by atoms with van der Waals surface area (Å²) >= 11 is 0. The number of carbonyl (C=O) groups excluding carboxylic acids is 2. The Kier molecular flexibility index (Phi) is 11.9. The van der Waals surface area contributed by atoms with E-state index in [9.17, 15) is 29.7 Å². The highest BCUT2D eigenvalue weighted by molar-refractivity contribution is 5.86. The van der Waals surface area contributed by atoms with Gasteiger partial charge in [0, 0.05) is 31.2 Å². The van der Waals surface area contributed by atoms with Gasteiger partial charge in [-0.3, -0.25) is 0 Å². The van der Waals surface area contributed by atoms with Gasteiger partial charge in [-0.15, -0.1) is 0 Å². The number of carboxylic acids is 1. The van der Waals surface area contributed by atoms with Gasteiger partial charge in [-0.1, -0.05) is 61.7 Å². The highest BCUT2D eigenvalue weighted by atomic mass is 16.4. The Morgan fingerprint density at radius 1 is 1.00 bits per heavy atom. The Labute approximate surface area is 340 Å². The molecule has 0 spiro atoms. The number of guanidine groups is 1. The molecule has 3 aromatic rings. The summed E-state index contributed by atoms with van der Waals surface area (Å²) in [6.45, 7) is -0.0360. The largest absolute Gasteiger partial charge is 0.478 e. The van der Waals surface area contributed by atoms with E-state index in [4.69, 9.17) is 10.7 Å². The summed E-state index contributed by atoms with van der Waals surface area (Å²) in [4.78, 5) is 44.5. The predicted octanol–water partition coefficient (Wildman–Crippen LogP) is 6.38. The maximum Gasteiger partial charge on any atom is 0.328 e. The molecule has 5 aliphatic rings. The number of nitrogens with two attached hydrogens (primary N) is 1. The van der Waals surface area contributed by atoms with Gasteiger partial charge in [0.2, 0.25) is 0 Å². The van der Waals surface area contributed by atoms with Crippen molar-refractivity contribution in [2.45, 2.75) is 107 Å². The number of aliphatic hydroxyl groups excluding tert-OH is 2. The second-order valence-electron chi connectivity index (χ2n) is 17.7. The molecule has 11 unspecified atom stereocenters. The number of hydrogen-bond acceptors (Lipinski definition) is 9. The smallest absolute Gasteiger partial charge is 0.328 e. The summed E-state index contributed by atoms with van der Waals surface area (Å²) in [6.07, 6.45) is 19.9. The molecule has 0 amide bonds. The highest BCUT2D eigenvalue weighted by Gasteiger charge is 2.63. The van der Waals surface area contributed by atoms with Gasteiger partial charge in [-0.05, 0) is 138 Å². The fourth-order valence-electron chi connectivity index (χ4n) is 12.2. The molecule has 8 rings (SSSR count). The first-order valence-corrected chi connectivity index (χ1v) is 21.6. The number of aldehydes is 2. The molecule has 2 fully saturated rings. The molecule has 1 aliphatic heterocycles. The van der Waals surface area contributed by atoms with E-state index in [-0.39, 0.29) is 60.7 Å². The third-order valence-corrected chi connectivity index (χ3v) is 14.6. The van der Waals surface area contributed by atoms with Crippen molar-refractivity contribution in [1.82, 2.24) is 10.3 Å². The number of unbranched alkanes of at least 4 members (excludes halogenated alkanes) is 2. The second-order valence-corrected chi connectivity index (χ2v) is 17.7. The molecule has 11 nitrogen and oxygen atoms in total. The lowest BCUT2D eigenvalue weighted by Gasteiger charge is -2.65. The zero-order chi connectivity index (χ0) is 40.4. The number of allylic oxidation sites excluding steroid dienone is 2. The number of hydrogen-bond donors (Lipinski definition) is 7. The number of aromatic nitrogens is 1. The summed E-state index contributed by atoms with van der Waals surface area (Å²) in [5.41, 5.74) is 10.1. The zero-order valence-electron chi connectivity index (χ0n) is 33.3. The number of fused-ring (bicyclic) bond motifs is 7. The predicted molar refractivity (Wildman–Crippen MR) is 225 cm³/mol. The first-order chi connectivity index (χ1) is 28.3. The molecule has 2 aromatic carbocycles. The standard InChI is InChI=1S/C47H59N5O6/c48-46-50-34(27-56)24-40(51-46)38(25-42(57)58)47(52-41-9-4-17-49-41)16-14-32-23-39(47)45-35-13-12-30(8-3-1-2-6-29(26-55)7-5-18-53)44(45)37-22-33-20-28(15-19-54)10-11-31(33)21-36(37)43(32)35/h4,9-13,17,19-22,25-26,29-30,32,34-35,39-40,43-45,49,52-53,56H,1-3,5-8,14-16,18,23-24,27H2,(H,57,58)(H3,48,50,51). The zero-order valence-corrected chi connectivity index (χ0v) is 33.3. The number of anilines is 1. The summed E-state index contributed by atoms with van der Waals surface area (Å²) in [6, 6.07) is 14.3. The molecule has 308 valence electrons. The summed E-state index contributed by atoms with van der Waals surface area (Å²) in [7, 11) is 0. The van der Waals surface area contributed by atoms with Crippen molar-refractivity contribution < 1.29 is 29.7 Å². The molecule has 8 N–H and O–H groups in total. The van der Waals surface area contributed by atoms with Crippen LogP contribution in [0.5, 0.6) is 0 Å². The molecule has 0 radical (unpaired) electrons. The molecule has 58 heavy (non-hydrogen) atoms. The number of rotatable bonds is 18. The number of aliphatic imine (C=N–C) groups is 1. The first-order valence-electron chi connectivity index (χ1n) is 21.6. The number of H-pyrrole nitrogens is 1. The number of aliphatic carboxylic acids is 1. The average Bonchev–Trinajstić information content (AvgIpc) is 3.73. The number of nitrogens with zero attached hydrogens (tertiary/aromatic N) is 1. The summed E-state index contributed by atoms with van der Waals surface area (Å²) in [5.74, 6) is 1.70. The van der Waals surface area contributed by atoms with E-state index >= 15 is 0 Å². The van der Waals surface area contributed by atoms with Crippen LogP contribution in [0.2, 0.25) is 0 Å². The van der Waals surface area contributed by atoms with E-state index in [0.717, 1.165) is 87.1 Å². The summed E-state index contributed by atoms with van der Waals surface area (Å²) < 4.78 is 0. The van der Waals surface area contributed by atoms with E-state index in [0.29, 0.717) is 36.7 Å². The number of aromatic amines is 1. The molecule has 4 aliphatic carbocycles. The van der Waals surface area contributed by atoms with Crippen molar-refractivity contribution in [3.8, 4) is 0 Å². The maximum atomic E-state index is 12.9. The van der Waals surface area contributed by atoms with Gasteiger partial charge in [0.15, 0.2) is 5.96 Å². The summed E-state index contributed by atoms with van der Waals surface area (Å²) in [5, 5.41) is 39.6. The Bertz CT molecular complexity index is 2060. The van der Waals surface area contributed by atoms with Crippen molar-refractivity contribution >= 4 is 41.1 Å². The van der Waals surface area contributed by atoms with E-state index in [1.807, 2.05) is 18.3 Å². The lowest BCUT2D eigenvalue weighted by Crippen LogP contribution is -2.63. The van der Waals surface area contributed by atoms with E-state index in [1.54, 1.807) is 0 Å². The number of nitrogens with one attached hydrogen (secondary N) is 3. The van der Waals surface area contributed by atoms with Gasteiger partial charge in [0.25, 0.3) is 0 Å². The average molecular weight is 790 g/mol. The molecule has 6 bridgehead atoms. The highest BCUT2D eigenvalue weighted by Crippen LogP contribution is 2.68. The van der Waals surface area contributed by atoms with Crippen LogP contribution in [0.25, 0.3) is 10.8 Å². The van der Waals surface area contributed by atoms with Crippen LogP contribution in [-0.2, 0) is 20.8 Å². The van der Waals surface area contributed by atoms with Crippen LogP contribution in [0.1, 0.15) is 99.2 Å². The van der Waals surface area contributed by atoms with Crippen LogP contribution in [0.3, 0.4) is 0 Å². The number of carboxylic acid groups (broad SMARTS) is 1. The molecular weight excluding hydrogens is 731 g/mol. The quantitative estimate of drug-likeness (QED) is 0.0332. The fraction of sp³-hybridized carbons (Fsp3) is 0.532. The number of aliphatic hydroxyl groups is 2. The van der Waals surface area contributed by atoms with E-state index < -0.39 is 17.6 Å². The lowest BCUT2D eigenvalue weighted by atomic mass is 9.41. The Morgan fingerprint density at radius 2 is 1.83 bits per heavy atom. The van der Waals surface area contributed by atoms with Gasteiger partial charge in [-0.2, -0.15) is 0 Å².